The van der Waals surface area contributed by atoms with Gasteiger partial charge < -0.3 is 15.2 Å². The zero-order valence-electron chi connectivity index (χ0n) is 12.6. The maximum absolute atomic E-state index is 12.0. The highest BCUT2D eigenvalue weighted by Crippen LogP contribution is 2.41. The van der Waals surface area contributed by atoms with Gasteiger partial charge in [0.05, 0.1) is 18.5 Å². The third-order valence-electron chi connectivity index (χ3n) is 3.79. The highest BCUT2D eigenvalue weighted by molar-refractivity contribution is 6.00. The number of hydrogen-bond donors (Lipinski definition) is 1. The summed E-state index contributed by atoms with van der Waals surface area (Å²) < 4.78 is 10.00. The van der Waals surface area contributed by atoms with Crippen LogP contribution in [-0.2, 0) is 15.9 Å². The third-order valence-corrected chi connectivity index (χ3v) is 3.79. The molecule has 1 aliphatic heterocycles. The summed E-state index contributed by atoms with van der Waals surface area (Å²) in [4.78, 5) is 25.0. The van der Waals surface area contributed by atoms with E-state index in [0.29, 0.717) is 23.4 Å². The minimum absolute atomic E-state index is 0.423. The normalized spacial score (nSPS) is 15.9. The monoisotopic (exact) mass is 312 g/mol. The predicted octanol–water partition coefficient (Wildman–Crippen LogP) is 3.28. The number of carbonyl (C=O) groups excluding carboxylic acids is 2. The third kappa shape index (κ3) is 2.70. The van der Waals surface area contributed by atoms with Crippen LogP contribution < -0.4 is 10.6 Å². The van der Waals surface area contributed by atoms with Gasteiger partial charge in [-0.1, -0.05) is 36.4 Å². The number of anilines is 2. The summed E-state index contributed by atoms with van der Waals surface area (Å²) in [7, 11) is 1.26. The van der Waals surface area contributed by atoms with E-state index in [1.54, 1.807) is 12.1 Å². The molecule has 6 heteroatoms. The number of nitrogens with two attached hydrogens (primary N) is 1. The fourth-order valence-corrected chi connectivity index (χ4v) is 2.81. The summed E-state index contributed by atoms with van der Waals surface area (Å²) >= 11 is 0. The number of nitrogens with zero attached hydrogens (tertiary/aromatic N) is 1. The largest absolute Gasteiger partial charge is 0.508 e. The number of benzene rings is 2. The molecule has 118 valence electrons. The molecule has 0 fully saturated rings. The van der Waals surface area contributed by atoms with Crippen LogP contribution in [0.25, 0.3) is 0 Å². The van der Waals surface area contributed by atoms with Crippen LogP contribution in [0.2, 0.25) is 0 Å². The highest BCUT2D eigenvalue weighted by Gasteiger charge is 2.31. The van der Waals surface area contributed by atoms with Gasteiger partial charge in [-0.2, -0.15) is 0 Å². The van der Waals surface area contributed by atoms with Gasteiger partial charge >= 0.3 is 12.2 Å². The van der Waals surface area contributed by atoms with Crippen LogP contribution in [0.3, 0.4) is 0 Å². The zero-order chi connectivity index (χ0) is 16.4. The number of primary amides is 1. The Balaban J connectivity index is 2.18. The molecule has 6 nitrogen and oxygen atoms in total. The Morgan fingerprint density at radius 1 is 1.09 bits per heavy atom. The summed E-state index contributed by atoms with van der Waals surface area (Å²) in [6.07, 6.45) is -0.912. The lowest BCUT2D eigenvalue weighted by atomic mass is 10.0. The molecule has 0 saturated heterocycles. The Hall–Kier alpha value is -3.02. The highest BCUT2D eigenvalue weighted by atomic mass is 16.7. The molecular weight excluding hydrogens is 296 g/mol. The molecule has 1 atom stereocenters. The number of fused-ring (bicyclic) bond motifs is 2. The van der Waals surface area contributed by atoms with E-state index in [4.69, 9.17) is 10.5 Å². The van der Waals surface area contributed by atoms with Crippen LogP contribution in [-0.4, -0.2) is 19.3 Å². The standard InChI is InChI=1S/C17H16N2O4/c1-22-17(21)23-15-10-11-6-2-4-8-13(11)19(16(18)20)14-9-5-3-7-12(14)15/h2-9,15H,10H2,1H3,(H2,18,20). The van der Waals surface area contributed by atoms with Gasteiger partial charge in [0.1, 0.15) is 6.10 Å². The fraction of sp³-hybridized carbons (Fsp3) is 0.176. The average molecular weight is 312 g/mol. The molecule has 0 aromatic heterocycles. The lowest BCUT2D eigenvalue weighted by molar-refractivity contribution is 0.0369. The van der Waals surface area contributed by atoms with Crippen molar-refractivity contribution in [1.29, 1.82) is 0 Å². The van der Waals surface area contributed by atoms with Crippen molar-refractivity contribution in [2.75, 3.05) is 12.0 Å². The zero-order valence-corrected chi connectivity index (χ0v) is 12.6. The maximum Gasteiger partial charge on any atom is 0.508 e. The molecule has 2 amide bonds. The number of carbonyl (C=O) groups is 2. The van der Waals surface area contributed by atoms with Crippen molar-refractivity contribution in [2.45, 2.75) is 12.5 Å². The molecule has 1 unspecified atom stereocenters. The summed E-state index contributed by atoms with van der Waals surface area (Å²) in [6.45, 7) is 0. The Bertz CT molecular complexity index is 760. The van der Waals surface area contributed by atoms with Crippen molar-refractivity contribution < 1.29 is 19.1 Å². The lowest BCUT2D eigenvalue weighted by Crippen LogP contribution is -2.32. The summed E-state index contributed by atoms with van der Waals surface area (Å²) in [5.74, 6) is 0. The minimum Gasteiger partial charge on any atom is -0.438 e. The molecule has 0 aliphatic carbocycles. The van der Waals surface area contributed by atoms with Crippen molar-refractivity contribution in [2.24, 2.45) is 5.73 Å². The molecule has 2 N–H and O–H groups in total. The molecule has 0 saturated carbocycles. The molecule has 0 bridgehead atoms. The van der Waals surface area contributed by atoms with Crippen molar-refractivity contribution in [3.8, 4) is 0 Å². The van der Waals surface area contributed by atoms with E-state index in [1.807, 2.05) is 36.4 Å². The predicted molar refractivity (Wildman–Crippen MR) is 84.5 cm³/mol. The van der Waals surface area contributed by atoms with Crippen LogP contribution >= 0.6 is 0 Å². The second-order valence-corrected chi connectivity index (χ2v) is 5.13. The van der Waals surface area contributed by atoms with Crippen molar-refractivity contribution in [3.63, 3.8) is 0 Å². The van der Waals surface area contributed by atoms with Crippen LogP contribution in [0.15, 0.2) is 48.5 Å². The molecule has 3 rings (SSSR count). The van der Waals surface area contributed by atoms with Crippen LogP contribution in [0.5, 0.6) is 0 Å². The number of para-hydroxylation sites is 2. The van der Waals surface area contributed by atoms with E-state index in [2.05, 4.69) is 4.74 Å². The quantitative estimate of drug-likeness (QED) is 0.819. The molecule has 2 aromatic carbocycles. The number of amides is 2. The minimum atomic E-state index is -0.769. The van der Waals surface area contributed by atoms with Crippen LogP contribution in [0, 0.1) is 0 Å². The van der Waals surface area contributed by atoms with E-state index in [-0.39, 0.29) is 0 Å². The first-order chi connectivity index (χ1) is 11.1. The lowest BCUT2D eigenvalue weighted by Gasteiger charge is -2.23. The summed E-state index contributed by atoms with van der Waals surface area (Å²) in [5.41, 5.74) is 8.43. The molecule has 23 heavy (non-hydrogen) atoms. The smallest absolute Gasteiger partial charge is 0.438 e. The van der Waals surface area contributed by atoms with Gasteiger partial charge in [0.2, 0.25) is 0 Å². The first-order valence-electron chi connectivity index (χ1n) is 7.13. The molecule has 0 radical (unpaired) electrons. The van der Waals surface area contributed by atoms with Gasteiger partial charge in [0, 0.05) is 12.0 Å². The summed E-state index contributed by atoms with van der Waals surface area (Å²) in [6, 6.07) is 14.0. The van der Waals surface area contributed by atoms with Crippen molar-refractivity contribution in [1.82, 2.24) is 0 Å². The van der Waals surface area contributed by atoms with Crippen LogP contribution in [0.4, 0.5) is 21.0 Å². The number of urea groups is 1. The Kier molecular flexibility index (Phi) is 3.89. The Morgan fingerprint density at radius 3 is 2.43 bits per heavy atom. The van der Waals surface area contributed by atoms with E-state index in [0.717, 1.165) is 5.56 Å². The van der Waals surface area contributed by atoms with E-state index in [1.165, 1.54) is 12.0 Å². The second kappa shape index (κ2) is 6.00. The number of rotatable bonds is 1. The average Bonchev–Trinajstić information content (AvgIpc) is 2.69. The van der Waals surface area contributed by atoms with Crippen molar-refractivity contribution >= 4 is 23.6 Å². The Labute approximate surface area is 133 Å². The summed E-state index contributed by atoms with van der Waals surface area (Å²) in [5, 5.41) is 0. The van der Waals surface area contributed by atoms with Gasteiger partial charge in [-0.25, -0.2) is 9.59 Å². The van der Waals surface area contributed by atoms with Crippen LogP contribution in [0.1, 0.15) is 17.2 Å². The van der Waals surface area contributed by atoms with Crippen molar-refractivity contribution in [3.05, 3.63) is 59.7 Å². The molecule has 0 spiro atoms. The Morgan fingerprint density at radius 2 is 1.74 bits per heavy atom. The number of methoxy groups -OCH3 is 1. The van der Waals surface area contributed by atoms with Gasteiger partial charge in [-0.15, -0.1) is 0 Å². The second-order valence-electron chi connectivity index (χ2n) is 5.13. The first-order valence-corrected chi connectivity index (χ1v) is 7.13. The number of ether oxygens (including phenoxy) is 2. The van der Waals surface area contributed by atoms with E-state index >= 15 is 0 Å². The van der Waals surface area contributed by atoms with Gasteiger partial charge in [-0.05, 0) is 17.7 Å². The number of hydrogen-bond acceptors (Lipinski definition) is 4. The molecular formula is C17H16N2O4. The molecule has 1 aliphatic rings. The van der Waals surface area contributed by atoms with E-state index in [9.17, 15) is 9.59 Å². The SMILES string of the molecule is COC(=O)OC1Cc2ccccc2N(C(N)=O)c2ccccc21. The molecule has 1 heterocycles. The van der Waals surface area contributed by atoms with Gasteiger partial charge in [0.25, 0.3) is 0 Å². The maximum atomic E-state index is 12.0. The van der Waals surface area contributed by atoms with E-state index < -0.39 is 18.3 Å². The van der Waals surface area contributed by atoms with Gasteiger partial charge in [0.15, 0.2) is 0 Å². The first kappa shape index (κ1) is 14.9. The topological polar surface area (TPSA) is 81.9 Å². The fourth-order valence-electron chi connectivity index (χ4n) is 2.81. The van der Waals surface area contributed by atoms with Gasteiger partial charge in [-0.3, -0.25) is 4.90 Å². The molecule has 2 aromatic rings.